The molecule has 12 heavy (non-hydrogen) atoms. The van der Waals surface area contributed by atoms with E-state index in [2.05, 4.69) is 9.36 Å². The number of aromatic nitrogens is 2. The lowest BCUT2D eigenvalue weighted by Crippen LogP contribution is -1.86. The monoisotopic (exact) mass is 177 g/mol. The first kappa shape index (κ1) is 7.24. The zero-order valence-electron chi connectivity index (χ0n) is 6.27. The van der Waals surface area contributed by atoms with Gasteiger partial charge in [0.05, 0.1) is 5.69 Å². The molecule has 0 radical (unpaired) electrons. The van der Waals surface area contributed by atoms with Gasteiger partial charge in [-0.2, -0.15) is 4.37 Å². The second kappa shape index (κ2) is 2.91. The van der Waals surface area contributed by atoms with Crippen molar-refractivity contribution in [3.8, 4) is 11.3 Å². The first-order valence-electron chi connectivity index (χ1n) is 3.48. The van der Waals surface area contributed by atoms with E-state index in [1.165, 1.54) is 11.5 Å². The molecule has 0 aliphatic heterocycles. The molecule has 0 bridgehead atoms. The highest BCUT2D eigenvalue weighted by molar-refractivity contribution is 7.04. The van der Waals surface area contributed by atoms with Crippen molar-refractivity contribution in [3.63, 3.8) is 0 Å². The Bertz CT molecular complexity index is 369. The molecule has 0 saturated heterocycles. The lowest BCUT2D eigenvalue weighted by Gasteiger charge is -1.95. The third-order valence-electron chi connectivity index (χ3n) is 1.53. The van der Waals surface area contributed by atoms with Crippen LogP contribution in [-0.2, 0) is 0 Å². The van der Waals surface area contributed by atoms with E-state index >= 15 is 0 Å². The highest BCUT2D eigenvalue weighted by Gasteiger charge is 2.03. The van der Waals surface area contributed by atoms with Crippen molar-refractivity contribution >= 4 is 17.2 Å². The lowest BCUT2D eigenvalue weighted by atomic mass is 10.2. The topological polar surface area (TPSA) is 51.8 Å². The molecule has 3 nitrogen and oxygen atoms in total. The lowest BCUT2D eigenvalue weighted by molar-refractivity contribution is 1.32. The number of nitrogens with two attached hydrogens (primary N) is 1. The summed E-state index contributed by atoms with van der Waals surface area (Å²) in [7, 11) is 0. The predicted octanol–water partition coefficient (Wildman–Crippen LogP) is 1.79. The first-order chi connectivity index (χ1) is 5.88. The van der Waals surface area contributed by atoms with Gasteiger partial charge in [-0.1, -0.05) is 0 Å². The van der Waals surface area contributed by atoms with E-state index < -0.39 is 0 Å². The van der Waals surface area contributed by atoms with E-state index in [1.54, 1.807) is 12.4 Å². The molecular weight excluding hydrogens is 170 g/mol. The predicted molar refractivity (Wildman–Crippen MR) is 49.8 cm³/mol. The number of nitrogen functional groups attached to an aromatic ring is 1. The average molecular weight is 177 g/mol. The van der Waals surface area contributed by atoms with Crippen molar-refractivity contribution in [3.05, 3.63) is 29.9 Å². The van der Waals surface area contributed by atoms with Gasteiger partial charge in [-0.05, 0) is 23.7 Å². The summed E-state index contributed by atoms with van der Waals surface area (Å²) in [6, 6.07) is 3.81. The van der Waals surface area contributed by atoms with E-state index in [4.69, 9.17) is 5.73 Å². The molecule has 0 spiro atoms. The minimum absolute atomic E-state index is 0.716. The molecule has 60 valence electrons. The third kappa shape index (κ3) is 1.16. The minimum atomic E-state index is 0.716. The fourth-order valence-corrected chi connectivity index (χ4v) is 1.56. The molecule has 2 rings (SSSR count). The van der Waals surface area contributed by atoms with Gasteiger partial charge in [0, 0.05) is 23.3 Å². The standard InChI is InChI=1S/C8H7N3S/c9-7-5-12-11-8(7)6-2-1-3-10-4-6/h1-5H,9H2. The number of hydrogen-bond donors (Lipinski definition) is 1. The summed E-state index contributed by atoms with van der Waals surface area (Å²) < 4.78 is 4.16. The van der Waals surface area contributed by atoms with Crippen LogP contribution in [0, 0.1) is 0 Å². The van der Waals surface area contributed by atoms with Crippen molar-refractivity contribution in [1.29, 1.82) is 0 Å². The van der Waals surface area contributed by atoms with Crippen molar-refractivity contribution in [1.82, 2.24) is 9.36 Å². The van der Waals surface area contributed by atoms with Crippen LogP contribution in [0.3, 0.4) is 0 Å². The quantitative estimate of drug-likeness (QED) is 0.722. The van der Waals surface area contributed by atoms with Gasteiger partial charge in [0.25, 0.3) is 0 Å². The van der Waals surface area contributed by atoms with Gasteiger partial charge in [-0.15, -0.1) is 0 Å². The number of pyridine rings is 1. The number of hydrogen-bond acceptors (Lipinski definition) is 4. The highest BCUT2D eigenvalue weighted by Crippen LogP contribution is 2.24. The van der Waals surface area contributed by atoms with E-state index in [0.717, 1.165) is 11.3 Å². The maximum Gasteiger partial charge on any atom is 0.108 e. The molecule has 2 heterocycles. The first-order valence-corrected chi connectivity index (χ1v) is 4.32. The number of anilines is 1. The van der Waals surface area contributed by atoms with Gasteiger partial charge in [0.1, 0.15) is 5.69 Å². The Labute approximate surface area is 74.0 Å². The Morgan fingerprint density at radius 2 is 2.33 bits per heavy atom. The molecule has 0 atom stereocenters. The Kier molecular flexibility index (Phi) is 1.75. The molecule has 4 heteroatoms. The third-order valence-corrected chi connectivity index (χ3v) is 2.18. The fourth-order valence-electron chi connectivity index (χ4n) is 0.967. The molecular formula is C8H7N3S. The summed E-state index contributed by atoms with van der Waals surface area (Å²) in [6.45, 7) is 0. The minimum Gasteiger partial charge on any atom is -0.396 e. The highest BCUT2D eigenvalue weighted by atomic mass is 32.1. The number of rotatable bonds is 1. The Morgan fingerprint density at radius 3 is 2.92 bits per heavy atom. The summed E-state index contributed by atoms with van der Waals surface area (Å²) >= 11 is 1.36. The molecule has 0 unspecified atom stereocenters. The van der Waals surface area contributed by atoms with Gasteiger partial charge in [-0.3, -0.25) is 4.98 Å². The van der Waals surface area contributed by atoms with Crippen LogP contribution in [0.5, 0.6) is 0 Å². The van der Waals surface area contributed by atoms with E-state index in [9.17, 15) is 0 Å². The van der Waals surface area contributed by atoms with Gasteiger partial charge in [-0.25, -0.2) is 0 Å². The zero-order chi connectivity index (χ0) is 8.39. The summed E-state index contributed by atoms with van der Waals surface area (Å²) in [5, 5.41) is 1.82. The molecule has 0 fully saturated rings. The molecule has 0 amide bonds. The van der Waals surface area contributed by atoms with Gasteiger partial charge in [0.2, 0.25) is 0 Å². The Morgan fingerprint density at radius 1 is 1.42 bits per heavy atom. The Hall–Kier alpha value is -1.42. The summed E-state index contributed by atoms with van der Waals surface area (Å²) in [6.07, 6.45) is 3.48. The van der Waals surface area contributed by atoms with Gasteiger partial charge >= 0.3 is 0 Å². The summed E-state index contributed by atoms with van der Waals surface area (Å²) in [5.74, 6) is 0. The fraction of sp³-hybridized carbons (Fsp3) is 0. The summed E-state index contributed by atoms with van der Waals surface area (Å²) in [5.41, 5.74) is 8.20. The van der Waals surface area contributed by atoms with Crippen molar-refractivity contribution in [2.45, 2.75) is 0 Å². The van der Waals surface area contributed by atoms with Crippen LogP contribution in [-0.4, -0.2) is 9.36 Å². The van der Waals surface area contributed by atoms with Crippen LogP contribution in [0.1, 0.15) is 0 Å². The Balaban J connectivity index is 2.51. The maximum absolute atomic E-state index is 5.69. The normalized spacial score (nSPS) is 10.0. The van der Waals surface area contributed by atoms with Crippen LogP contribution in [0.4, 0.5) is 5.69 Å². The number of nitrogens with zero attached hydrogens (tertiary/aromatic N) is 2. The average Bonchev–Trinajstić information content (AvgIpc) is 2.53. The smallest absolute Gasteiger partial charge is 0.108 e. The SMILES string of the molecule is Nc1csnc1-c1cccnc1. The largest absolute Gasteiger partial charge is 0.396 e. The van der Waals surface area contributed by atoms with Crippen molar-refractivity contribution in [2.24, 2.45) is 0 Å². The second-order valence-corrected chi connectivity index (χ2v) is 2.99. The molecule has 0 aliphatic carbocycles. The van der Waals surface area contributed by atoms with Crippen LogP contribution in [0.25, 0.3) is 11.3 Å². The zero-order valence-corrected chi connectivity index (χ0v) is 7.08. The molecule has 0 aromatic carbocycles. The van der Waals surface area contributed by atoms with Crippen molar-refractivity contribution in [2.75, 3.05) is 5.73 Å². The maximum atomic E-state index is 5.69. The second-order valence-electron chi connectivity index (χ2n) is 2.36. The molecule has 2 aromatic rings. The van der Waals surface area contributed by atoms with Crippen LogP contribution in [0.2, 0.25) is 0 Å². The van der Waals surface area contributed by atoms with Crippen LogP contribution < -0.4 is 5.73 Å². The van der Waals surface area contributed by atoms with Crippen molar-refractivity contribution < 1.29 is 0 Å². The molecule has 0 aliphatic rings. The molecule has 0 saturated carbocycles. The molecule has 2 aromatic heterocycles. The van der Waals surface area contributed by atoms with Gasteiger partial charge in [0.15, 0.2) is 0 Å². The van der Waals surface area contributed by atoms with E-state index in [0.29, 0.717) is 5.69 Å². The van der Waals surface area contributed by atoms with E-state index in [1.807, 2.05) is 17.5 Å². The van der Waals surface area contributed by atoms with Crippen LogP contribution in [0.15, 0.2) is 29.9 Å². The summed E-state index contributed by atoms with van der Waals surface area (Å²) in [4.78, 5) is 3.99. The van der Waals surface area contributed by atoms with Gasteiger partial charge < -0.3 is 5.73 Å². The molecule has 2 N–H and O–H groups in total. The van der Waals surface area contributed by atoms with Crippen LogP contribution >= 0.6 is 11.5 Å². The van der Waals surface area contributed by atoms with E-state index in [-0.39, 0.29) is 0 Å².